The van der Waals surface area contributed by atoms with Gasteiger partial charge in [-0.3, -0.25) is 5.43 Å². The van der Waals surface area contributed by atoms with E-state index in [0.717, 1.165) is 17.1 Å². The molecule has 2 rings (SSSR count). The van der Waals surface area contributed by atoms with Crippen LogP contribution in [0.5, 0.6) is 0 Å². The molecule has 0 fully saturated rings. The van der Waals surface area contributed by atoms with Gasteiger partial charge in [-0.1, -0.05) is 23.2 Å². The largest absolute Gasteiger partial charge is 0.360 e. The van der Waals surface area contributed by atoms with E-state index < -0.39 is 0 Å². The van der Waals surface area contributed by atoms with E-state index in [9.17, 15) is 0 Å². The van der Waals surface area contributed by atoms with Gasteiger partial charge in [-0.25, -0.2) is 0 Å². The Kier molecular flexibility index (Phi) is 3.71. The van der Waals surface area contributed by atoms with Crippen molar-refractivity contribution in [2.24, 2.45) is 5.10 Å². The van der Waals surface area contributed by atoms with Crippen molar-refractivity contribution in [3.8, 4) is 0 Å². The summed E-state index contributed by atoms with van der Waals surface area (Å²) in [7, 11) is 0. The maximum Gasteiger partial charge on any atom is 0.0810 e. The predicted octanol–water partition coefficient (Wildman–Crippen LogP) is 4.16. The van der Waals surface area contributed by atoms with E-state index in [1.54, 1.807) is 12.1 Å². The maximum atomic E-state index is 5.90. The van der Waals surface area contributed by atoms with Crippen molar-refractivity contribution in [2.75, 3.05) is 5.43 Å². The highest BCUT2D eigenvalue weighted by Gasteiger charge is 2.00. The molecular formula is C12H11Cl2N3. The number of rotatable bonds is 3. The van der Waals surface area contributed by atoms with Crippen molar-refractivity contribution in [2.45, 2.75) is 6.92 Å². The number of halogens is 2. The van der Waals surface area contributed by atoms with E-state index in [4.69, 9.17) is 23.2 Å². The molecule has 0 aliphatic rings. The van der Waals surface area contributed by atoms with E-state index in [-0.39, 0.29) is 0 Å². The van der Waals surface area contributed by atoms with Crippen molar-refractivity contribution >= 4 is 34.6 Å². The van der Waals surface area contributed by atoms with Crippen molar-refractivity contribution in [3.05, 3.63) is 52.3 Å². The van der Waals surface area contributed by atoms with Crippen LogP contribution in [-0.2, 0) is 0 Å². The number of nitrogens with one attached hydrogen (secondary N) is 2. The van der Waals surface area contributed by atoms with E-state index in [1.165, 1.54) is 0 Å². The highest BCUT2D eigenvalue weighted by atomic mass is 35.5. The number of anilines is 1. The number of hydrazone groups is 1. The Balaban J connectivity index is 2.11. The van der Waals surface area contributed by atoms with E-state index in [1.807, 2.05) is 31.3 Å². The minimum atomic E-state index is 0.504. The third-order valence-electron chi connectivity index (χ3n) is 2.26. The summed E-state index contributed by atoms with van der Waals surface area (Å²) in [5.41, 5.74) is 5.55. The molecule has 5 heteroatoms. The van der Waals surface area contributed by atoms with Crippen LogP contribution in [0.3, 0.4) is 0 Å². The summed E-state index contributed by atoms with van der Waals surface area (Å²) >= 11 is 11.7. The molecular weight excluding hydrogens is 257 g/mol. The van der Waals surface area contributed by atoms with Crippen molar-refractivity contribution < 1.29 is 0 Å². The molecule has 0 aliphatic heterocycles. The standard InChI is InChI=1S/C12H11Cl2N3/c1-8(12-3-2-6-15-12)16-17-9-4-5-10(13)11(14)7-9/h2-7,15,17H,1H3. The van der Waals surface area contributed by atoms with Crippen LogP contribution in [0.4, 0.5) is 5.69 Å². The van der Waals surface area contributed by atoms with Gasteiger partial charge in [-0.2, -0.15) is 5.10 Å². The third-order valence-corrected chi connectivity index (χ3v) is 3.00. The fourth-order valence-electron chi connectivity index (χ4n) is 1.33. The second kappa shape index (κ2) is 5.25. The lowest BCUT2D eigenvalue weighted by molar-refractivity contribution is 1.29. The Morgan fingerprint density at radius 1 is 1.24 bits per heavy atom. The molecule has 1 heterocycles. The molecule has 0 saturated heterocycles. The highest BCUT2D eigenvalue weighted by molar-refractivity contribution is 6.42. The fraction of sp³-hybridized carbons (Fsp3) is 0.0833. The molecule has 88 valence electrons. The van der Waals surface area contributed by atoms with Crippen molar-refractivity contribution in [3.63, 3.8) is 0 Å². The second-order valence-electron chi connectivity index (χ2n) is 3.52. The molecule has 2 aromatic rings. The van der Waals surface area contributed by atoms with Gasteiger partial charge in [0.25, 0.3) is 0 Å². The number of aromatic nitrogens is 1. The first-order valence-electron chi connectivity index (χ1n) is 5.06. The number of hydrogen-bond donors (Lipinski definition) is 2. The van der Waals surface area contributed by atoms with E-state index in [2.05, 4.69) is 15.5 Å². The minimum Gasteiger partial charge on any atom is -0.360 e. The monoisotopic (exact) mass is 267 g/mol. The summed E-state index contributed by atoms with van der Waals surface area (Å²) in [6.07, 6.45) is 1.85. The zero-order valence-corrected chi connectivity index (χ0v) is 10.7. The maximum absolute atomic E-state index is 5.90. The zero-order valence-electron chi connectivity index (χ0n) is 9.17. The molecule has 0 radical (unpaired) electrons. The second-order valence-corrected chi connectivity index (χ2v) is 4.34. The van der Waals surface area contributed by atoms with Crippen LogP contribution < -0.4 is 5.43 Å². The lowest BCUT2D eigenvalue weighted by Crippen LogP contribution is -1.99. The van der Waals surface area contributed by atoms with Crippen LogP contribution >= 0.6 is 23.2 Å². The van der Waals surface area contributed by atoms with Gasteiger partial charge in [0.1, 0.15) is 0 Å². The topological polar surface area (TPSA) is 40.2 Å². The van der Waals surface area contributed by atoms with Crippen molar-refractivity contribution in [1.29, 1.82) is 0 Å². The molecule has 0 aliphatic carbocycles. The highest BCUT2D eigenvalue weighted by Crippen LogP contribution is 2.24. The Morgan fingerprint density at radius 3 is 2.71 bits per heavy atom. The zero-order chi connectivity index (χ0) is 12.3. The van der Waals surface area contributed by atoms with Gasteiger partial charge in [-0.05, 0) is 37.3 Å². The summed E-state index contributed by atoms with van der Waals surface area (Å²) < 4.78 is 0. The Labute approximate surface area is 109 Å². The molecule has 1 aromatic carbocycles. The van der Waals surface area contributed by atoms with Crippen LogP contribution in [0.15, 0.2) is 41.6 Å². The molecule has 17 heavy (non-hydrogen) atoms. The summed E-state index contributed by atoms with van der Waals surface area (Å²) in [5, 5.41) is 5.28. The number of aromatic amines is 1. The first-order valence-corrected chi connectivity index (χ1v) is 5.81. The Bertz CT molecular complexity index is 533. The minimum absolute atomic E-state index is 0.504. The molecule has 0 saturated carbocycles. The Hall–Kier alpha value is -1.45. The SMILES string of the molecule is CC(=NNc1ccc(Cl)c(Cl)c1)c1ccc[nH]1. The predicted molar refractivity (Wildman–Crippen MR) is 73.1 cm³/mol. The molecule has 1 aromatic heterocycles. The van der Waals surface area contributed by atoms with Gasteiger partial charge in [-0.15, -0.1) is 0 Å². The lowest BCUT2D eigenvalue weighted by Gasteiger charge is -2.03. The quantitative estimate of drug-likeness (QED) is 0.636. The smallest absolute Gasteiger partial charge is 0.0810 e. The molecule has 0 unspecified atom stereocenters. The van der Waals surface area contributed by atoms with E-state index in [0.29, 0.717) is 10.0 Å². The third kappa shape index (κ3) is 3.02. The van der Waals surface area contributed by atoms with Crippen LogP contribution in [0, 0.1) is 0 Å². The summed E-state index contributed by atoms with van der Waals surface area (Å²) in [6, 6.07) is 9.16. The number of nitrogens with zero attached hydrogens (tertiary/aromatic N) is 1. The summed E-state index contributed by atoms with van der Waals surface area (Å²) in [6.45, 7) is 1.91. The average Bonchev–Trinajstić information content (AvgIpc) is 2.84. The first kappa shape index (κ1) is 12.0. The molecule has 2 N–H and O–H groups in total. The van der Waals surface area contributed by atoms with Gasteiger partial charge in [0.15, 0.2) is 0 Å². The summed E-state index contributed by atoms with van der Waals surface area (Å²) in [5.74, 6) is 0. The summed E-state index contributed by atoms with van der Waals surface area (Å²) in [4.78, 5) is 3.08. The van der Waals surface area contributed by atoms with Gasteiger partial charge in [0.05, 0.1) is 27.1 Å². The number of hydrogen-bond acceptors (Lipinski definition) is 2. The van der Waals surface area contributed by atoms with Gasteiger partial charge < -0.3 is 4.98 Å². The fourth-order valence-corrected chi connectivity index (χ4v) is 1.63. The van der Waals surface area contributed by atoms with Crippen LogP contribution in [0.25, 0.3) is 0 Å². The molecule has 3 nitrogen and oxygen atoms in total. The van der Waals surface area contributed by atoms with Crippen LogP contribution in [0.1, 0.15) is 12.6 Å². The van der Waals surface area contributed by atoms with E-state index >= 15 is 0 Å². The first-order chi connectivity index (χ1) is 8.16. The molecule has 0 bridgehead atoms. The average molecular weight is 268 g/mol. The lowest BCUT2D eigenvalue weighted by atomic mass is 10.3. The van der Waals surface area contributed by atoms with Crippen LogP contribution in [-0.4, -0.2) is 10.7 Å². The van der Waals surface area contributed by atoms with Gasteiger partial charge in [0, 0.05) is 6.20 Å². The molecule has 0 atom stereocenters. The molecule has 0 amide bonds. The number of H-pyrrole nitrogens is 1. The normalized spacial score (nSPS) is 11.6. The van der Waals surface area contributed by atoms with Crippen LogP contribution in [0.2, 0.25) is 10.0 Å². The number of benzene rings is 1. The Morgan fingerprint density at radius 2 is 2.06 bits per heavy atom. The van der Waals surface area contributed by atoms with Gasteiger partial charge >= 0.3 is 0 Å². The van der Waals surface area contributed by atoms with Crippen molar-refractivity contribution in [1.82, 2.24) is 4.98 Å². The van der Waals surface area contributed by atoms with Gasteiger partial charge in [0.2, 0.25) is 0 Å². The molecule has 0 spiro atoms.